The van der Waals surface area contributed by atoms with Crippen LogP contribution in [-0.2, 0) is 27.4 Å². The van der Waals surface area contributed by atoms with Crippen LogP contribution in [-0.4, -0.2) is 119 Å². The normalized spacial score (nSPS) is 17.6. The van der Waals surface area contributed by atoms with Gasteiger partial charge < -0.3 is 29.6 Å². The summed E-state index contributed by atoms with van der Waals surface area (Å²) >= 11 is 0. The molecule has 2 N–H and O–H groups in total. The van der Waals surface area contributed by atoms with Gasteiger partial charge in [0.05, 0.1) is 25.5 Å². The number of ether oxygens (including phenoxy) is 1. The molecule has 1 aromatic rings. The van der Waals surface area contributed by atoms with Crippen molar-refractivity contribution in [2.45, 2.75) is 38.3 Å². The molecule has 11 nitrogen and oxygen atoms in total. The minimum absolute atomic E-state index is 0.167. The van der Waals surface area contributed by atoms with Crippen LogP contribution in [0.5, 0.6) is 0 Å². The summed E-state index contributed by atoms with van der Waals surface area (Å²) < 4.78 is 71.3. The van der Waals surface area contributed by atoms with E-state index in [4.69, 9.17) is 24.5 Å². The van der Waals surface area contributed by atoms with Gasteiger partial charge in [-0.25, -0.2) is 14.4 Å². The van der Waals surface area contributed by atoms with Crippen molar-refractivity contribution in [3.8, 4) is 0 Å². The van der Waals surface area contributed by atoms with Gasteiger partial charge >= 0.3 is 30.3 Å². The van der Waals surface area contributed by atoms with Gasteiger partial charge in [0, 0.05) is 44.8 Å². The molecule has 3 rings (SSSR count). The SMILES string of the molecule is CN(C)CCOCC1CN(C(=O)N2CCCC2)Cc2ccnn2C1.O=C(O)C(F)(F)F.O=C(O)C(F)(F)F. The van der Waals surface area contributed by atoms with E-state index < -0.39 is 24.3 Å². The third-order valence-electron chi connectivity index (χ3n) is 5.24. The molecule has 218 valence electrons. The number of urea groups is 1. The summed E-state index contributed by atoms with van der Waals surface area (Å²) in [7, 11) is 4.09. The Hall–Kier alpha value is -3.08. The van der Waals surface area contributed by atoms with Crippen molar-refractivity contribution in [2.24, 2.45) is 5.92 Å². The van der Waals surface area contributed by atoms with E-state index in [2.05, 4.69) is 10.00 Å². The van der Waals surface area contributed by atoms with Crippen molar-refractivity contribution >= 4 is 18.0 Å². The molecule has 0 aliphatic carbocycles. The van der Waals surface area contributed by atoms with Crippen molar-refractivity contribution < 1.29 is 55.7 Å². The third-order valence-corrected chi connectivity index (χ3v) is 5.24. The highest BCUT2D eigenvalue weighted by Gasteiger charge is 2.39. The maximum absolute atomic E-state index is 12.8. The first-order valence-electron chi connectivity index (χ1n) is 11.4. The molecule has 1 unspecified atom stereocenters. The van der Waals surface area contributed by atoms with Gasteiger partial charge in [0.1, 0.15) is 0 Å². The minimum Gasteiger partial charge on any atom is -0.475 e. The van der Waals surface area contributed by atoms with Crippen molar-refractivity contribution in [1.82, 2.24) is 24.5 Å². The van der Waals surface area contributed by atoms with E-state index in [1.165, 1.54) is 0 Å². The number of nitrogens with zero attached hydrogens (tertiary/aromatic N) is 5. The molecule has 1 atom stereocenters. The molecule has 2 amide bonds. The average Bonchev–Trinajstić information content (AvgIpc) is 3.45. The number of likely N-dealkylation sites (N-methyl/N-ethyl adjacent to an activating group) is 1. The van der Waals surface area contributed by atoms with Crippen LogP contribution >= 0.6 is 0 Å². The first kappa shape index (κ1) is 32.9. The summed E-state index contributed by atoms with van der Waals surface area (Å²) in [6, 6.07) is 2.18. The highest BCUT2D eigenvalue weighted by molar-refractivity contribution is 5.75. The number of carbonyl (C=O) groups is 3. The maximum atomic E-state index is 12.8. The van der Waals surface area contributed by atoms with E-state index in [-0.39, 0.29) is 11.9 Å². The second kappa shape index (κ2) is 14.8. The van der Waals surface area contributed by atoms with Gasteiger partial charge in [-0.2, -0.15) is 31.4 Å². The van der Waals surface area contributed by atoms with E-state index in [0.717, 1.165) is 57.9 Å². The molecule has 1 fully saturated rings. The van der Waals surface area contributed by atoms with E-state index >= 15 is 0 Å². The van der Waals surface area contributed by atoms with Gasteiger partial charge in [-0.15, -0.1) is 0 Å². The predicted octanol–water partition coefficient (Wildman–Crippen LogP) is 2.38. The van der Waals surface area contributed by atoms with Gasteiger partial charge in [0.15, 0.2) is 0 Å². The number of fused-ring (bicyclic) bond motifs is 1. The number of likely N-dealkylation sites (tertiary alicyclic amines) is 1. The molecule has 0 spiro atoms. The monoisotopic (exact) mass is 563 g/mol. The second-order valence-corrected chi connectivity index (χ2v) is 8.71. The summed E-state index contributed by atoms with van der Waals surface area (Å²) in [5.74, 6) is -5.24. The topological polar surface area (TPSA) is 128 Å². The number of hydrogen-bond acceptors (Lipinski definition) is 6. The molecular weight excluding hydrogens is 532 g/mol. The first-order chi connectivity index (χ1) is 17.5. The smallest absolute Gasteiger partial charge is 0.475 e. The highest BCUT2D eigenvalue weighted by Crippen LogP contribution is 2.20. The molecule has 2 aliphatic heterocycles. The van der Waals surface area contributed by atoms with Gasteiger partial charge in [-0.1, -0.05) is 0 Å². The van der Waals surface area contributed by atoms with Crippen molar-refractivity contribution in [3.05, 3.63) is 18.0 Å². The Balaban J connectivity index is 0.000000426. The molecule has 17 heteroatoms. The average molecular weight is 563 g/mol. The van der Waals surface area contributed by atoms with Crippen LogP contribution in [0.1, 0.15) is 18.5 Å². The number of hydrogen-bond donors (Lipinski definition) is 2. The second-order valence-electron chi connectivity index (χ2n) is 8.71. The lowest BCUT2D eigenvalue weighted by Gasteiger charge is -2.28. The number of amides is 2. The Morgan fingerprint density at radius 1 is 1.00 bits per heavy atom. The molecule has 1 aromatic heterocycles. The van der Waals surface area contributed by atoms with Crippen molar-refractivity contribution in [3.63, 3.8) is 0 Å². The summed E-state index contributed by atoms with van der Waals surface area (Å²) in [5, 5.41) is 18.7. The Labute approximate surface area is 214 Å². The Bertz CT molecular complexity index is 878. The van der Waals surface area contributed by atoms with Gasteiger partial charge in [0.2, 0.25) is 0 Å². The lowest BCUT2D eigenvalue weighted by Crippen LogP contribution is -2.43. The number of aliphatic carboxylic acids is 2. The predicted molar refractivity (Wildman–Crippen MR) is 119 cm³/mol. The summed E-state index contributed by atoms with van der Waals surface area (Å²) in [5.41, 5.74) is 1.11. The highest BCUT2D eigenvalue weighted by atomic mass is 19.4. The van der Waals surface area contributed by atoms with E-state index in [1.54, 1.807) is 0 Å². The zero-order valence-corrected chi connectivity index (χ0v) is 20.8. The molecular formula is C21H31F6N5O6. The fourth-order valence-corrected chi connectivity index (χ4v) is 3.39. The van der Waals surface area contributed by atoms with E-state index in [1.807, 2.05) is 40.8 Å². The van der Waals surface area contributed by atoms with Crippen molar-refractivity contribution in [1.29, 1.82) is 0 Å². The number of carboxylic acid groups (broad SMARTS) is 2. The number of rotatable bonds is 5. The number of alkyl halides is 6. The lowest BCUT2D eigenvalue weighted by molar-refractivity contribution is -0.193. The third kappa shape index (κ3) is 12.0. The number of carboxylic acids is 2. The molecule has 0 bridgehead atoms. The van der Waals surface area contributed by atoms with Crippen LogP contribution in [0.25, 0.3) is 0 Å². The van der Waals surface area contributed by atoms with Gasteiger partial charge in [-0.05, 0) is 33.0 Å². The molecule has 0 radical (unpaired) electrons. The molecule has 3 heterocycles. The van der Waals surface area contributed by atoms with E-state index in [0.29, 0.717) is 13.2 Å². The minimum atomic E-state index is -5.08. The van der Waals surface area contributed by atoms with Gasteiger partial charge in [-0.3, -0.25) is 4.68 Å². The number of aromatic nitrogens is 2. The molecule has 2 aliphatic rings. The van der Waals surface area contributed by atoms with Crippen LogP contribution in [0, 0.1) is 5.92 Å². The molecule has 1 saturated heterocycles. The van der Waals surface area contributed by atoms with Crippen LogP contribution in [0.15, 0.2) is 12.3 Å². The van der Waals surface area contributed by atoms with Gasteiger partial charge in [0.25, 0.3) is 0 Å². The Kier molecular flexibility index (Phi) is 12.8. The Morgan fingerprint density at radius 3 is 2.00 bits per heavy atom. The molecule has 0 saturated carbocycles. The summed E-state index contributed by atoms with van der Waals surface area (Å²) in [6.45, 7) is 6.26. The fourth-order valence-electron chi connectivity index (χ4n) is 3.39. The largest absolute Gasteiger partial charge is 0.490 e. The van der Waals surface area contributed by atoms with Crippen LogP contribution in [0.3, 0.4) is 0 Å². The van der Waals surface area contributed by atoms with Crippen LogP contribution in [0.4, 0.5) is 31.1 Å². The Morgan fingerprint density at radius 2 is 1.53 bits per heavy atom. The summed E-state index contributed by atoms with van der Waals surface area (Å²) in [4.78, 5) is 36.7. The zero-order valence-electron chi connectivity index (χ0n) is 20.8. The maximum Gasteiger partial charge on any atom is 0.490 e. The van der Waals surface area contributed by atoms with Crippen LogP contribution in [0.2, 0.25) is 0 Å². The van der Waals surface area contributed by atoms with Crippen LogP contribution < -0.4 is 0 Å². The first-order valence-corrected chi connectivity index (χ1v) is 11.4. The van der Waals surface area contributed by atoms with Crippen molar-refractivity contribution in [2.75, 3.05) is 53.5 Å². The standard InChI is InChI=1S/C17H29N5O2.2C2HF3O2/c1-19(2)9-10-24-14-15-11-21(17(23)20-7-3-4-8-20)13-16-5-6-18-22(16)12-15;2*3-2(4,5)1(6)7/h5-6,15H,3-4,7-14H2,1-2H3;2*(H,6,7). The zero-order chi connectivity index (χ0) is 29.1. The molecule has 38 heavy (non-hydrogen) atoms. The molecule has 0 aromatic carbocycles. The van der Waals surface area contributed by atoms with E-state index in [9.17, 15) is 31.1 Å². The fraction of sp³-hybridized carbons (Fsp3) is 0.714. The number of carbonyl (C=O) groups excluding carboxylic acids is 1. The summed E-state index contributed by atoms with van der Waals surface area (Å²) in [6.07, 6.45) is -6.10. The quantitative estimate of drug-likeness (QED) is 0.413. The lowest BCUT2D eigenvalue weighted by atomic mass is 10.1. The number of halogens is 6.